The number of hydrogen-bond donors (Lipinski definition) is 1. The van der Waals surface area contributed by atoms with Crippen molar-refractivity contribution in [2.45, 2.75) is 81.2 Å². The van der Waals surface area contributed by atoms with Crippen molar-refractivity contribution in [3.63, 3.8) is 0 Å². The number of likely N-dealkylation sites (tertiary alicyclic amines) is 1. The first-order valence-corrected chi connectivity index (χ1v) is 16.6. The van der Waals surface area contributed by atoms with Crippen LogP contribution in [0.15, 0.2) is 24.3 Å². The zero-order chi connectivity index (χ0) is 32.8. The first-order chi connectivity index (χ1) is 22.1. The molecule has 0 aromatic heterocycles. The first kappa shape index (κ1) is 32.3. The second-order valence-corrected chi connectivity index (χ2v) is 14.6. The second-order valence-electron chi connectivity index (χ2n) is 14.6. The molecule has 1 aromatic rings. The third kappa shape index (κ3) is 3.87. The van der Waals surface area contributed by atoms with E-state index in [-0.39, 0.29) is 47.8 Å². The van der Waals surface area contributed by atoms with Crippen molar-refractivity contribution in [3.8, 4) is 5.75 Å². The van der Waals surface area contributed by atoms with Gasteiger partial charge < -0.3 is 38.3 Å². The Hall–Kier alpha value is -2.28. The summed E-state index contributed by atoms with van der Waals surface area (Å²) in [5, 5.41) is 12.8. The highest BCUT2D eigenvalue weighted by Gasteiger charge is 2.89. The predicted molar refractivity (Wildman–Crippen MR) is 164 cm³/mol. The zero-order valence-corrected chi connectivity index (χ0v) is 28.0. The fourth-order valence-corrected chi connectivity index (χ4v) is 12.4. The van der Waals surface area contributed by atoms with Crippen molar-refractivity contribution in [1.82, 2.24) is 4.90 Å². The van der Waals surface area contributed by atoms with E-state index in [2.05, 4.69) is 11.8 Å². The van der Waals surface area contributed by atoms with E-state index in [9.17, 15) is 14.7 Å². The van der Waals surface area contributed by atoms with E-state index in [1.807, 2.05) is 0 Å². The third-order valence-electron chi connectivity index (χ3n) is 13.3. The monoisotopic (exact) mass is 643 g/mol. The van der Waals surface area contributed by atoms with Crippen LogP contribution in [0.4, 0.5) is 0 Å². The van der Waals surface area contributed by atoms with Crippen LogP contribution in [0.3, 0.4) is 0 Å². The summed E-state index contributed by atoms with van der Waals surface area (Å²) in [6, 6.07) is 6.66. The Balaban J connectivity index is 1.46. The predicted octanol–water partition coefficient (Wildman–Crippen LogP) is 2.72. The molecule has 6 aliphatic rings. The molecule has 7 rings (SSSR count). The Labute approximate surface area is 271 Å². The number of hydrogen-bond acceptors (Lipinski definition) is 11. The minimum Gasteiger partial charge on any atom is -0.497 e. The minimum atomic E-state index is -1.51. The van der Waals surface area contributed by atoms with E-state index in [1.165, 1.54) is 6.92 Å². The molecule has 1 N–H and O–H groups in total. The molecule has 1 heterocycles. The van der Waals surface area contributed by atoms with Crippen LogP contribution in [-0.4, -0.2) is 119 Å². The number of benzene rings is 1. The number of piperidine rings is 1. The van der Waals surface area contributed by atoms with Gasteiger partial charge in [-0.1, -0.05) is 6.92 Å². The van der Waals surface area contributed by atoms with Gasteiger partial charge in [-0.3, -0.25) is 9.69 Å². The molecule has 46 heavy (non-hydrogen) atoms. The lowest BCUT2D eigenvalue weighted by molar-refractivity contribution is -0.287. The molecule has 0 unspecified atom stereocenters. The van der Waals surface area contributed by atoms with Crippen LogP contribution < -0.4 is 4.74 Å². The highest BCUT2D eigenvalue weighted by molar-refractivity contribution is 5.89. The summed E-state index contributed by atoms with van der Waals surface area (Å²) in [5.41, 5.74) is -3.03. The summed E-state index contributed by atoms with van der Waals surface area (Å²) in [4.78, 5) is 29.7. The molecule has 13 atom stereocenters. The first-order valence-electron chi connectivity index (χ1n) is 16.6. The topological polar surface area (TPSA) is 122 Å². The minimum absolute atomic E-state index is 0.00534. The van der Waals surface area contributed by atoms with Crippen molar-refractivity contribution in [1.29, 1.82) is 0 Å². The highest BCUT2D eigenvalue weighted by Crippen LogP contribution is 2.80. The summed E-state index contributed by atoms with van der Waals surface area (Å²) in [6.45, 7) is 5.80. The normalized spacial score (nSPS) is 46.6. The van der Waals surface area contributed by atoms with Crippen LogP contribution in [0.1, 0.15) is 49.9 Å². The molecular weight excluding hydrogens is 594 g/mol. The molecule has 5 saturated carbocycles. The Morgan fingerprint density at radius 2 is 1.70 bits per heavy atom. The zero-order valence-electron chi connectivity index (χ0n) is 28.0. The molecule has 0 amide bonds. The van der Waals surface area contributed by atoms with Crippen molar-refractivity contribution in [3.05, 3.63) is 29.8 Å². The maximum absolute atomic E-state index is 13.9. The van der Waals surface area contributed by atoms with Gasteiger partial charge in [0, 0.05) is 83.0 Å². The number of fused-ring (bicyclic) bond motifs is 2. The van der Waals surface area contributed by atoms with E-state index in [1.54, 1.807) is 59.8 Å². The van der Waals surface area contributed by atoms with Crippen molar-refractivity contribution < 1.29 is 47.9 Å². The van der Waals surface area contributed by atoms with Crippen LogP contribution in [0.2, 0.25) is 0 Å². The van der Waals surface area contributed by atoms with Gasteiger partial charge in [-0.2, -0.15) is 0 Å². The summed E-state index contributed by atoms with van der Waals surface area (Å²) in [7, 11) is 8.44. The number of rotatable bonds is 10. The lowest BCUT2D eigenvalue weighted by Crippen LogP contribution is -2.77. The van der Waals surface area contributed by atoms with E-state index in [0.717, 1.165) is 25.9 Å². The largest absolute Gasteiger partial charge is 0.497 e. The average molecular weight is 644 g/mol. The molecule has 7 bridgehead atoms. The quantitative estimate of drug-likeness (QED) is 0.379. The molecule has 11 heteroatoms. The van der Waals surface area contributed by atoms with Gasteiger partial charge in [-0.05, 0) is 56.0 Å². The van der Waals surface area contributed by atoms with Crippen molar-refractivity contribution in [2.75, 3.05) is 55.2 Å². The molecule has 1 aromatic carbocycles. The lowest BCUT2D eigenvalue weighted by atomic mass is 9.43. The third-order valence-corrected chi connectivity index (χ3v) is 13.3. The van der Waals surface area contributed by atoms with Gasteiger partial charge in [-0.25, -0.2) is 4.79 Å². The molecule has 11 nitrogen and oxygen atoms in total. The molecule has 254 valence electrons. The molecule has 6 fully saturated rings. The number of esters is 2. The molecule has 5 aliphatic carbocycles. The number of carbonyl (C=O) groups is 2. The lowest BCUT2D eigenvalue weighted by Gasteiger charge is -2.69. The average Bonchev–Trinajstić information content (AvgIpc) is 3.42. The van der Waals surface area contributed by atoms with E-state index < -0.39 is 46.7 Å². The second kappa shape index (κ2) is 11.1. The number of aliphatic hydroxyl groups is 1. The van der Waals surface area contributed by atoms with E-state index in [4.69, 9.17) is 33.2 Å². The van der Waals surface area contributed by atoms with Gasteiger partial charge in [0.15, 0.2) is 0 Å². The van der Waals surface area contributed by atoms with Gasteiger partial charge in [0.1, 0.15) is 23.1 Å². The summed E-state index contributed by atoms with van der Waals surface area (Å²) >= 11 is 0. The van der Waals surface area contributed by atoms with Crippen LogP contribution >= 0.6 is 0 Å². The molecule has 1 aliphatic heterocycles. The van der Waals surface area contributed by atoms with E-state index in [0.29, 0.717) is 24.3 Å². The fourth-order valence-electron chi connectivity index (χ4n) is 12.4. The Morgan fingerprint density at radius 3 is 2.28 bits per heavy atom. The number of methoxy groups -OCH3 is 5. The maximum Gasteiger partial charge on any atom is 0.338 e. The number of ether oxygens (including phenoxy) is 7. The SMILES string of the molecule is CCN1C[C@]2(COC)CC[C@@H](OC)[C@@]34[C@@H]5C[C@]6(O)[C@@H](OC)C[C@](OC(C)=O)([C@H]([C@H](OC)[C@@H]23)[C@@H]14)[C@H]5[C@H]6OC(=O)c1ccc(OC)cc1. The summed E-state index contributed by atoms with van der Waals surface area (Å²) in [6.07, 6.45) is 0.142. The fraction of sp³-hybridized carbons (Fsp3) is 0.771. The molecule has 0 radical (unpaired) electrons. The summed E-state index contributed by atoms with van der Waals surface area (Å²) in [5.74, 6) is -1.38. The highest BCUT2D eigenvalue weighted by atomic mass is 16.6. The Morgan fingerprint density at radius 1 is 0.978 bits per heavy atom. The standard InChI is InChI=1S/C35H49NO10/c1-8-36-17-32(18-40-3)14-13-23(42-5)35-22-15-33(39)24(43-6)16-34(46-19(2)37,26(29(35)36)27(44-7)28(32)35)25(22)30(33)45-31(38)20-9-11-21(41-4)12-10-20/h9-12,22-30,39H,8,13-18H2,1-7H3/t22-,23-,24+,25-,26-,27+,28+,29-,30-,32+,33+,34-,35+/m1/s1. The Bertz CT molecular complexity index is 1360. The van der Waals surface area contributed by atoms with Gasteiger partial charge in [0.2, 0.25) is 0 Å². The van der Waals surface area contributed by atoms with Gasteiger partial charge in [0.25, 0.3) is 0 Å². The Kier molecular flexibility index (Phi) is 7.81. The van der Waals surface area contributed by atoms with Crippen LogP contribution in [0.5, 0.6) is 5.75 Å². The molecule has 1 spiro atoms. The summed E-state index contributed by atoms with van der Waals surface area (Å²) < 4.78 is 43.6. The number of carbonyl (C=O) groups excluding carboxylic acids is 2. The van der Waals surface area contributed by atoms with Gasteiger partial charge in [0.05, 0.1) is 37.6 Å². The maximum atomic E-state index is 13.9. The molecule has 1 saturated heterocycles. The van der Waals surface area contributed by atoms with Crippen molar-refractivity contribution in [2.24, 2.45) is 34.5 Å². The van der Waals surface area contributed by atoms with Crippen LogP contribution in [-0.2, 0) is 33.2 Å². The van der Waals surface area contributed by atoms with Gasteiger partial charge >= 0.3 is 11.9 Å². The van der Waals surface area contributed by atoms with Gasteiger partial charge in [-0.15, -0.1) is 0 Å². The number of nitrogens with zero attached hydrogens (tertiary/aromatic N) is 1. The van der Waals surface area contributed by atoms with Crippen LogP contribution in [0.25, 0.3) is 0 Å². The van der Waals surface area contributed by atoms with E-state index >= 15 is 0 Å². The molecular formula is C35H49NO10. The van der Waals surface area contributed by atoms with Crippen molar-refractivity contribution >= 4 is 11.9 Å². The van der Waals surface area contributed by atoms with Crippen LogP contribution in [0, 0.1) is 34.5 Å². The smallest absolute Gasteiger partial charge is 0.338 e.